The molecule has 1 heterocycles. The van der Waals surface area contributed by atoms with Gasteiger partial charge in [-0.25, -0.2) is 4.98 Å². The molecular formula is C14H16N4O. The maximum absolute atomic E-state index is 11.8. The van der Waals surface area contributed by atoms with Gasteiger partial charge in [0.2, 0.25) is 0 Å². The van der Waals surface area contributed by atoms with Crippen LogP contribution in [0.25, 0.3) is 0 Å². The van der Waals surface area contributed by atoms with E-state index in [2.05, 4.69) is 15.6 Å². The van der Waals surface area contributed by atoms with E-state index in [1.165, 1.54) is 6.20 Å². The number of nitrogens with one attached hydrogen (secondary N) is 2. The van der Waals surface area contributed by atoms with Crippen molar-refractivity contribution in [2.75, 3.05) is 18.1 Å². The van der Waals surface area contributed by atoms with Gasteiger partial charge in [0.1, 0.15) is 5.82 Å². The monoisotopic (exact) mass is 256 g/mol. The van der Waals surface area contributed by atoms with Crippen LogP contribution in [0.5, 0.6) is 0 Å². The van der Waals surface area contributed by atoms with Crippen LogP contribution >= 0.6 is 0 Å². The van der Waals surface area contributed by atoms with Gasteiger partial charge in [-0.1, -0.05) is 18.2 Å². The van der Waals surface area contributed by atoms with Gasteiger partial charge in [0.15, 0.2) is 0 Å². The molecule has 2 aromatic rings. The minimum Gasteiger partial charge on any atom is -0.384 e. The van der Waals surface area contributed by atoms with Crippen molar-refractivity contribution < 1.29 is 4.79 Å². The number of benzene rings is 1. The number of carbonyl (C=O) groups excluding carboxylic acids is 1. The molecule has 0 saturated carbocycles. The maximum Gasteiger partial charge on any atom is 0.254 e. The smallest absolute Gasteiger partial charge is 0.254 e. The van der Waals surface area contributed by atoms with Crippen molar-refractivity contribution >= 4 is 23.1 Å². The quantitative estimate of drug-likeness (QED) is 0.785. The number of hydrogen-bond acceptors (Lipinski definition) is 4. The molecule has 98 valence electrons. The normalized spacial score (nSPS) is 10.0. The number of aryl methyl sites for hydroxylation is 1. The highest BCUT2D eigenvalue weighted by Gasteiger charge is 2.12. The van der Waals surface area contributed by atoms with Crippen LogP contribution in [0.2, 0.25) is 0 Å². The van der Waals surface area contributed by atoms with Crippen molar-refractivity contribution in [3.8, 4) is 0 Å². The topological polar surface area (TPSA) is 80.0 Å². The molecule has 0 radical (unpaired) electrons. The second kappa shape index (κ2) is 5.39. The molecule has 19 heavy (non-hydrogen) atoms. The Kier molecular flexibility index (Phi) is 3.66. The molecule has 1 amide bonds. The Balaban J connectivity index is 2.41. The zero-order valence-electron chi connectivity index (χ0n) is 10.9. The van der Waals surface area contributed by atoms with Crippen molar-refractivity contribution in [3.63, 3.8) is 0 Å². The Hall–Kier alpha value is -2.56. The minimum absolute atomic E-state index is 0.205. The number of nitrogens with two attached hydrogens (primary N) is 1. The third kappa shape index (κ3) is 2.82. The zero-order valence-corrected chi connectivity index (χ0v) is 10.9. The van der Waals surface area contributed by atoms with Gasteiger partial charge in [0, 0.05) is 25.0 Å². The van der Waals surface area contributed by atoms with Gasteiger partial charge in [0.05, 0.1) is 11.3 Å². The summed E-state index contributed by atoms with van der Waals surface area (Å²) in [7, 11) is 1.58. The van der Waals surface area contributed by atoms with Gasteiger partial charge >= 0.3 is 0 Å². The van der Waals surface area contributed by atoms with E-state index in [9.17, 15) is 4.79 Å². The summed E-state index contributed by atoms with van der Waals surface area (Å²) in [6.45, 7) is 1.99. The fourth-order valence-corrected chi connectivity index (χ4v) is 1.75. The SMILES string of the molecule is CNC(=O)c1cnc(N)cc1Nc1ccccc1C. The standard InChI is InChI=1S/C14H16N4O/c1-9-5-3-4-6-11(9)18-12-7-13(15)17-8-10(12)14(19)16-2/h3-8H,1-2H3,(H,16,19)(H3,15,17,18). The predicted octanol–water partition coefficient (Wildman–Crippen LogP) is 2.08. The predicted molar refractivity (Wildman–Crippen MR) is 76.5 cm³/mol. The highest BCUT2D eigenvalue weighted by atomic mass is 16.1. The molecule has 0 aliphatic rings. The molecule has 5 nitrogen and oxygen atoms in total. The van der Waals surface area contributed by atoms with Crippen LogP contribution < -0.4 is 16.4 Å². The maximum atomic E-state index is 11.8. The summed E-state index contributed by atoms with van der Waals surface area (Å²) in [5.41, 5.74) is 8.79. The third-order valence-electron chi connectivity index (χ3n) is 2.81. The average molecular weight is 256 g/mol. The number of para-hydroxylation sites is 1. The lowest BCUT2D eigenvalue weighted by atomic mass is 10.1. The first-order chi connectivity index (χ1) is 9.11. The molecule has 1 aromatic heterocycles. The molecule has 0 fully saturated rings. The van der Waals surface area contributed by atoms with E-state index in [0.29, 0.717) is 17.1 Å². The fraction of sp³-hybridized carbons (Fsp3) is 0.143. The molecule has 5 heteroatoms. The summed E-state index contributed by atoms with van der Waals surface area (Å²) in [5, 5.41) is 5.80. The van der Waals surface area contributed by atoms with Gasteiger partial charge in [-0.2, -0.15) is 0 Å². The highest BCUT2D eigenvalue weighted by Crippen LogP contribution is 2.24. The van der Waals surface area contributed by atoms with Crippen LogP contribution in [0, 0.1) is 6.92 Å². The summed E-state index contributed by atoms with van der Waals surface area (Å²) in [4.78, 5) is 15.7. The van der Waals surface area contributed by atoms with Crippen LogP contribution in [0.4, 0.5) is 17.2 Å². The van der Waals surface area contributed by atoms with E-state index in [1.807, 2.05) is 31.2 Å². The molecule has 2 rings (SSSR count). The zero-order chi connectivity index (χ0) is 13.8. The molecule has 0 spiro atoms. The molecule has 0 bridgehead atoms. The third-order valence-corrected chi connectivity index (χ3v) is 2.81. The van der Waals surface area contributed by atoms with Gasteiger partial charge in [-0.3, -0.25) is 4.79 Å². The molecule has 0 aliphatic heterocycles. The molecule has 1 aromatic carbocycles. The molecular weight excluding hydrogens is 240 g/mol. The highest BCUT2D eigenvalue weighted by molar-refractivity contribution is 6.00. The summed E-state index contributed by atoms with van der Waals surface area (Å²) >= 11 is 0. The Bertz CT molecular complexity index is 610. The largest absolute Gasteiger partial charge is 0.384 e. The second-order valence-electron chi connectivity index (χ2n) is 4.17. The number of pyridine rings is 1. The summed E-state index contributed by atoms with van der Waals surface area (Å²) < 4.78 is 0. The van der Waals surface area contributed by atoms with Gasteiger partial charge in [0.25, 0.3) is 5.91 Å². The number of nitrogens with zero attached hydrogens (tertiary/aromatic N) is 1. The Labute approximate surface area is 111 Å². The molecule has 0 saturated heterocycles. The fourth-order valence-electron chi connectivity index (χ4n) is 1.75. The van der Waals surface area contributed by atoms with E-state index in [0.717, 1.165) is 11.3 Å². The van der Waals surface area contributed by atoms with E-state index < -0.39 is 0 Å². The lowest BCUT2D eigenvalue weighted by Crippen LogP contribution is -2.19. The Morgan fingerprint density at radius 2 is 2.00 bits per heavy atom. The summed E-state index contributed by atoms with van der Waals surface area (Å²) in [5.74, 6) is 0.160. The number of anilines is 3. The number of rotatable bonds is 3. The van der Waals surface area contributed by atoms with E-state index in [-0.39, 0.29) is 5.91 Å². The van der Waals surface area contributed by atoms with Crippen molar-refractivity contribution in [1.29, 1.82) is 0 Å². The lowest BCUT2D eigenvalue weighted by molar-refractivity contribution is 0.0963. The first-order valence-electron chi connectivity index (χ1n) is 5.92. The molecule has 0 aliphatic carbocycles. The van der Waals surface area contributed by atoms with E-state index >= 15 is 0 Å². The van der Waals surface area contributed by atoms with Crippen molar-refractivity contribution in [2.24, 2.45) is 0 Å². The Morgan fingerprint density at radius 3 is 2.68 bits per heavy atom. The van der Waals surface area contributed by atoms with E-state index in [4.69, 9.17) is 5.73 Å². The molecule has 4 N–H and O–H groups in total. The van der Waals surface area contributed by atoms with Crippen molar-refractivity contribution in [1.82, 2.24) is 10.3 Å². The minimum atomic E-state index is -0.205. The first-order valence-corrected chi connectivity index (χ1v) is 5.92. The second-order valence-corrected chi connectivity index (χ2v) is 4.17. The van der Waals surface area contributed by atoms with Crippen LogP contribution in [0.1, 0.15) is 15.9 Å². The van der Waals surface area contributed by atoms with Gasteiger partial charge in [-0.15, -0.1) is 0 Å². The van der Waals surface area contributed by atoms with Crippen molar-refractivity contribution in [2.45, 2.75) is 6.92 Å². The summed E-state index contributed by atoms with van der Waals surface area (Å²) in [6, 6.07) is 9.48. The van der Waals surface area contributed by atoms with Crippen LogP contribution in [0.15, 0.2) is 36.5 Å². The van der Waals surface area contributed by atoms with Crippen LogP contribution in [-0.4, -0.2) is 17.9 Å². The number of nitrogen functional groups attached to an aromatic ring is 1. The number of amides is 1. The first kappa shape index (κ1) is 12.9. The molecule has 0 unspecified atom stereocenters. The molecule has 0 atom stereocenters. The number of hydrogen-bond donors (Lipinski definition) is 3. The average Bonchev–Trinajstić information content (AvgIpc) is 2.41. The van der Waals surface area contributed by atoms with Crippen LogP contribution in [0.3, 0.4) is 0 Å². The lowest BCUT2D eigenvalue weighted by Gasteiger charge is -2.13. The summed E-state index contributed by atoms with van der Waals surface area (Å²) in [6.07, 6.45) is 1.47. The number of carbonyl (C=O) groups is 1. The van der Waals surface area contributed by atoms with Gasteiger partial charge < -0.3 is 16.4 Å². The number of aromatic nitrogens is 1. The van der Waals surface area contributed by atoms with Crippen molar-refractivity contribution in [3.05, 3.63) is 47.7 Å². The Morgan fingerprint density at radius 1 is 1.26 bits per heavy atom. The van der Waals surface area contributed by atoms with Gasteiger partial charge in [-0.05, 0) is 18.6 Å². The van der Waals surface area contributed by atoms with Crippen LogP contribution in [-0.2, 0) is 0 Å². The van der Waals surface area contributed by atoms with E-state index in [1.54, 1.807) is 13.1 Å².